The van der Waals surface area contributed by atoms with Gasteiger partial charge in [0.15, 0.2) is 0 Å². The standard InChI is InChI=1S/C11H13ClN4O/c1-7(8-5-6-11(17)13-8)15-16-10-4-2-3-9(12)14-10/h2-4,8,15H,1,5-6H2,(H,13,17)(H,14,16). The summed E-state index contributed by atoms with van der Waals surface area (Å²) in [7, 11) is 0. The number of hydrogen-bond acceptors (Lipinski definition) is 4. The average Bonchev–Trinajstić information content (AvgIpc) is 2.73. The third-order valence-corrected chi connectivity index (χ3v) is 2.69. The van der Waals surface area contributed by atoms with Gasteiger partial charge in [-0.3, -0.25) is 10.2 Å². The quantitative estimate of drug-likeness (QED) is 0.561. The molecule has 1 unspecified atom stereocenters. The van der Waals surface area contributed by atoms with Crippen LogP contribution < -0.4 is 16.2 Å². The van der Waals surface area contributed by atoms with Crippen LogP contribution in [0, 0.1) is 0 Å². The van der Waals surface area contributed by atoms with Crippen LogP contribution in [0.25, 0.3) is 0 Å². The highest BCUT2D eigenvalue weighted by atomic mass is 35.5. The largest absolute Gasteiger partial charge is 0.348 e. The molecule has 0 radical (unpaired) electrons. The van der Waals surface area contributed by atoms with E-state index >= 15 is 0 Å². The summed E-state index contributed by atoms with van der Waals surface area (Å²) in [4.78, 5) is 15.1. The molecule has 0 saturated carbocycles. The Hall–Kier alpha value is -1.75. The number of nitrogens with one attached hydrogen (secondary N) is 3. The molecule has 0 bridgehead atoms. The van der Waals surface area contributed by atoms with E-state index in [1.54, 1.807) is 18.2 Å². The van der Waals surface area contributed by atoms with E-state index < -0.39 is 0 Å². The molecule has 1 aliphatic rings. The van der Waals surface area contributed by atoms with Gasteiger partial charge in [-0.1, -0.05) is 24.2 Å². The number of hydrogen-bond donors (Lipinski definition) is 3. The SMILES string of the molecule is C=C(NNc1cccc(Cl)n1)C1CCC(=O)N1. The van der Waals surface area contributed by atoms with Gasteiger partial charge in [0.25, 0.3) is 0 Å². The van der Waals surface area contributed by atoms with Crippen LogP contribution in [0.1, 0.15) is 12.8 Å². The number of halogens is 1. The maximum atomic E-state index is 11.0. The normalized spacial score (nSPS) is 18.6. The highest BCUT2D eigenvalue weighted by Gasteiger charge is 2.22. The number of anilines is 1. The Morgan fingerprint density at radius 1 is 1.59 bits per heavy atom. The molecule has 17 heavy (non-hydrogen) atoms. The summed E-state index contributed by atoms with van der Waals surface area (Å²) < 4.78 is 0. The van der Waals surface area contributed by atoms with Gasteiger partial charge in [0.1, 0.15) is 11.0 Å². The zero-order chi connectivity index (χ0) is 12.3. The molecule has 3 N–H and O–H groups in total. The maximum Gasteiger partial charge on any atom is 0.220 e. The molecule has 1 saturated heterocycles. The van der Waals surface area contributed by atoms with E-state index in [2.05, 4.69) is 27.7 Å². The Bertz CT molecular complexity index is 449. The van der Waals surface area contributed by atoms with Crippen LogP contribution in [-0.4, -0.2) is 16.9 Å². The lowest BCUT2D eigenvalue weighted by atomic mass is 10.2. The first-order valence-electron chi connectivity index (χ1n) is 5.28. The molecule has 1 atom stereocenters. The number of carbonyl (C=O) groups excluding carboxylic acids is 1. The van der Waals surface area contributed by atoms with Crippen LogP contribution in [0.15, 0.2) is 30.5 Å². The van der Waals surface area contributed by atoms with Gasteiger partial charge in [-0.25, -0.2) is 4.98 Å². The van der Waals surface area contributed by atoms with Crippen molar-refractivity contribution in [3.63, 3.8) is 0 Å². The van der Waals surface area contributed by atoms with Crippen LogP contribution >= 0.6 is 11.6 Å². The molecule has 1 fully saturated rings. The lowest BCUT2D eigenvalue weighted by Gasteiger charge is -2.16. The lowest BCUT2D eigenvalue weighted by molar-refractivity contribution is -0.119. The second kappa shape index (κ2) is 5.05. The third-order valence-electron chi connectivity index (χ3n) is 2.48. The maximum absolute atomic E-state index is 11.0. The summed E-state index contributed by atoms with van der Waals surface area (Å²) in [5.41, 5.74) is 6.50. The first-order chi connectivity index (χ1) is 8.15. The van der Waals surface area contributed by atoms with E-state index in [-0.39, 0.29) is 11.9 Å². The molecular formula is C11H13ClN4O. The Labute approximate surface area is 104 Å². The zero-order valence-corrected chi connectivity index (χ0v) is 9.92. The fourth-order valence-corrected chi connectivity index (χ4v) is 1.75. The molecule has 6 heteroatoms. The molecule has 2 rings (SSSR count). The fourth-order valence-electron chi connectivity index (χ4n) is 1.58. The first-order valence-corrected chi connectivity index (χ1v) is 5.66. The van der Waals surface area contributed by atoms with Crippen molar-refractivity contribution in [1.29, 1.82) is 0 Å². The molecule has 1 aromatic rings. The van der Waals surface area contributed by atoms with Gasteiger partial charge in [-0.05, 0) is 18.6 Å². The molecule has 0 aromatic carbocycles. The van der Waals surface area contributed by atoms with E-state index in [4.69, 9.17) is 11.6 Å². The van der Waals surface area contributed by atoms with Gasteiger partial charge in [-0.2, -0.15) is 0 Å². The summed E-state index contributed by atoms with van der Waals surface area (Å²) in [6.45, 7) is 3.86. The molecule has 1 aromatic heterocycles. The van der Waals surface area contributed by atoms with Crippen molar-refractivity contribution in [2.45, 2.75) is 18.9 Å². The van der Waals surface area contributed by atoms with Crippen LogP contribution in [0.3, 0.4) is 0 Å². The first kappa shape index (κ1) is 11.7. The summed E-state index contributed by atoms with van der Waals surface area (Å²) in [6.07, 6.45) is 1.30. The van der Waals surface area contributed by atoms with Crippen molar-refractivity contribution in [3.8, 4) is 0 Å². The van der Waals surface area contributed by atoms with Crippen molar-refractivity contribution >= 4 is 23.3 Å². The second-order valence-corrected chi connectivity index (χ2v) is 4.17. The van der Waals surface area contributed by atoms with Crippen LogP contribution in [0.4, 0.5) is 5.82 Å². The number of carbonyl (C=O) groups is 1. The number of rotatable bonds is 4. The van der Waals surface area contributed by atoms with Crippen molar-refractivity contribution in [1.82, 2.24) is 15.7 Å². The van der Waals surface area contributed by atoms with Crippen molar-refractivity contribution in [2.75, 3.05) is 5.43 Å². The predicted molar refractivity (Wildman–Crippen MR) is 66.3 cm³/mol. The molecular weight excluding hydrogens is 240 g/mol. The van der Waals surface area contributed by atoms with Crippen molar-refractivity contribution < 1.29 is 4.79 Å². The third kappa shape index (κ3) is 3.10. The topological polar surface area (TPSA) is 66.0 Å². The molecule has 1 amide bonds. The number of nitrogens with zero attached hydrogens (tertiary/aromatic N) is 1. The summed E-state index contributed by atoms with van der Waals surface area (Å²) in [6, 6.07) is 5.23. The van der Waals surface area contributed by atoms with Crippen LogP contribution in [0.5, 0.6) is 0 Å². The summed E-state index contributed by atoms with van der Waals surface area (Å²) >= 11 is 5.75. The van der Waals surface area contributed by atoms with E-state index in [1.165, 1.54) is 0 Å². The van der Waals surface area contributed by atoms with E-state index in [9.17, 15) is 4.79 Å². The van der Waals surface area contributed by atoms with Crippen molar-refractivity contribution in [3.05, 3.63) is 35.6 Å². The molecule has 0 spiro atoms. The smallest absolute Gasteiger partial charge is 0.220 e. The summed E-state index contributed by atoms with van der Waals surface area (Å²) in [5.74, 6) is 0.654. The molecule has 0 aliphatic carbocycles. The Kier molecular flexibility index (Phi) is 3.49. The highest BCUT2D eigenvalue weighted by molar-refractivity contribution is 6.29. The Morgan fingerprint density at radius 2 is 2.41 bits per heavy atom. The van der Waals surface area contributed by atoms with Crippen LogP contribution in [-0.2, 0) is 4.79 Å². The molecule has 1 aliphatic heterocycles. The number of aromatic nitrogens is 1. The van der Waals surface area contributed by atoms with E-state index in [1.807, 2.05) is 0 Å². The van der Waals surface area contributed by atoms with Crippen LogP contribution in [0.2, 0.25) is 5.15 Å². The van der Waals surface area contributed by atoms with E-state index in [0.717, 1.165) is 6.42 Å². The van der Waals surface area contributed by atoms with Crippen molar-refractivity contribution in [2.24, 2.45) is 0 Å². The fraction of sp³-hybridized carbons (Fsp3) is 0.273. The highest BCUT2D eigenvalue weighted by Crippen LogP contribution is 2.12. The minimum absolute atomic E-state index is 0.0332. The zero-order valence-electron chi connectivity index (χ0n) is 9.16. The average molecular weight is 253 g/mol. The minimum Gasteiger partial charge on any atom is -0.348 e. The van der Waals surface area contributed by atoms with Gasteiger partial charge in [0, 0.05) is 12.1 Å². The molecule has 90 valence electrons. The van der Waals surface area contributed by atoms with Gasteiger partial charge < -0.3 is 10.7 Å². The monoisotopic (exact) mass is 252 g/mol. The number of hydrazine groups is 1. The van der Waals surface area contributed by atoms with Gasteiger partial charge in [0.2, 0.25) is 5.91 Å². The minimum atomic E-state index is -0.0332. The van der Waals surface area contributed by atoms with Gasteiger partial charge >= 0.3 is 0 Å². The summed E-state index contributed by atoms with van der Waals surface area (Å²) in [5, 5.41) is 3.23. The van der Waals surface area contributed by atoms with E-state index in [0.29, 0.717) is 23.1 Å². The second-order valence-electron chi connectivity index (χ2n) is 3.78. The lowest BCUT2D eigenvalue weighted by Crippen LogP contribution is -2.35. The number of amides is 1. The van der Waals surface area contributed by atoms with Gasteiger partial charge in [-0.15, -0.1) is 0 Å². The van der Waals surface area contributed by atoms with Gasteiger partial charge in [0.05, 0.1) is 6.04 Å². The Balaban J connectivity index is 1.86. The predicted octanol–water partition coefficient (Wildman–Crippen LogP) is 1.44. The molecule has 2 heterocycles. The molecule has 5 nitrogen and oxygen atoms in total. The Morgan fingerprint density at radius 3 is 3.06 bits per heavy atom. The number of pyridine rings is 1.